The van der Waals surface area contributed by atoms with Crippen molar-refractivity contribution in [1.82, 2.24) is 19.4 Å². The Morgan fingerprint density at radius 3 is 3.09 bits per heavy atom. The van der Waals surface area contributed by atoms with Crippen molar-refractivity contribution in [1.29, 1.82) is 0 Å². The number of nitrogens with zero attached hydrogens (tertiary/aromatic N) is 3. The van der Waals surface area contributed by atoms with Crippen LogP contribution in [0.5, 0.6) is 0 Å². The number of carbonyl (C=O) groups excluding carboxylic acids is 1. The number of nitrogens with one attached hydrogen (secondary N) is 2. The third kappa shape index (κ3) is 3.74. The lowest BCUT2D eigenvalue weighted by atomic mass is 10.2. The van der Waals surface area contributed by atoms with Gasteiger partial charge in [0.25, 0.3) is 5.56 Å². The molecule has 1 aliphatic rings. The van der Waals surface area contributed by atoms with Crippen molar-refractivity contribution in [2.45, 2.75) is 25.9 Å². The second-order valence-electron chi connectivity index (χ2n) is 5.48. The fraction of sp³-hybridized carbons (Fsp3) is 0.429. The van der Waals surface area contributed by atoms with Gasteiger partial charge in [-0.3, -0.25) is 14.6 Å². The van der Waals surface area contributed by atoms with E-state index in [1.54, 1.807) is 0 Å². The fourth-order valence-corrected chi connectivity index (χ4v) is 3.51. The van der Waals surface area contributed by atoms with Crippen LogP contribution in [0.4, 0.5) is 5.13 Å². The van der Waals surface area contributed by atoms with Crippen molar-refractivity contribution in [2.24, 2.45) is 0 Å². The third-order valence-corrected chi connectivity index (χ3v) is 4.64. The molecule has 0 bridgehead atoms. The van der Waals surface area contributed by atoms with Crippen molar-refractivity contribution < 1.29 is 4.79 Å². The average molecular weight is 335 g/mol. The first-order valence-electron chi connectivity index (χ1n) is 7.28. The van der Waals surface area contributed by atoms with Gasteiger partial charge in [-0.25, -0.2) is 9.78 Å². The first-order valence-corrected chi connectivity index (χ1v) is 8.09. The summed E-state index contributed by atoms with van der Waals surface area (Å²) in [5.74, 6) is -0.206. The first-order chi connectivity index (χ1) is 11.0. The van der Waals surface area contributed by atoms with Crippen molar-refractivity contribution in [3.8, 4) is 0 Å². The lowest BCUT2D eigenvalue weighted by Gasteiger charge is -2.20. The van der Waals surface area contributed by atoms with E-state index in [9.17, 15) is 14.4 Å². The summed E-state index contributed by atoms with van der Waals surface area (Å²) in [6.45, 7) is 2.03. The van der Waals surface area contributed by atoms with Gasteiger partial charge >= 0.3 is 5.69 Å². The lowest BCUT2D eigenvalue weighted by molar-refractivity contribution is -0.116. The minimum Gasteiger partial charge on any atom is -0.302 e. The van der Waals surface area contributed by atoms with E-state index >= 15 is 0 Å². The molecule has 0 saturated heterocycles. The number of rotatable bonds is 4. The van der Waals surface area contributed by atoms with Gasteiger partial charge in [0.15, 0.2) is 5.13 Å². The summed E-state index contributed by atoms with van der Waals surface area (Å²) in [5.41, 5.74) is 0.0901. The van der Waals surface area contributed by atoms with Crippen LogP contribution in [-0.2, 0) is 24.3 Å². The van der Waals surface area contributed by atoms with Crippen molar-refractivity contribution in [3.63, 3.8) is 0 Å². The SMILES string of the molecule is CN1CCc2nc(NC(=O)CCn3ccc(=O)[nH]c3=O)sc2C1. The van der Waals surface area contributed by atoms with E-state index in [0.29, 0.717) is 5.13 Å². The number of carbonyl (C=O) groups is 1. The zero-order valence-electron chi connectivity index (χ0n) is 12.7. The summed E-state index contributed by atoms with van der Waals surface area (Å²) in [5, 5.41) is 3.38. The molecule has 0 radical (unpaired) electrons. The molecule has 1 amide bonds. The van der Waals surface area contributed by atoms with Crippen LogP contribution in [0.2, 0.25) is 0 Å². The topological polar surface area (TPSA) is 100 Å². The molecule has 1 aliphatic heterocycles. The highest BCUT2D eigenvalue weighted by molar-refractivity contribution is 7.15. The van der Waals surface area contributed by atoms with E-state index in [1.165, 1.54) is 33.0 Å². The highest BCUT2D eigenvalue weighted by Crippen LogP contribution is 2.27. The monoisotopic (exact) mass is 335 g/mol. The average Bonchev–Trinajstić information content (AvgIpc) is 2.87. The number of aromatic amines is 1. The zero-order chi connectivity index (χ0) is 16.4. The van der Waals surface area contributed by atoms with E-state index in [1.807, 2.05) is 0 Å². The molecule has 122 valence electrons. The van der Waals surface area contributed by atoms with Crippen LogP contribution in [0.1, 0.15) is 17.0 Å². The maximum Gasteiger partial charge on any atom is 0.328 e. The summed E-state index contributed by atoms with van der Waals surface area (Å²) in [4.78, 5) is 44.5. The Morgan fingerprint density at radius 1 is 1.48 bits per heavy atom. The van der Waals surface area contributed by atoms with Crippen molar-refractivity contribution in [2.75, 3.05) is 18.9 Å². The van der Waals surface area contributed by atoms with Gasteiger partial charge in [0.1, 0.15) is 0 Å². The number of thiazole rings is 1. The van der Waals surface area contributed by atoms with Gasteiger partial charge in [-0.15, -0.1) is 11.3 Å². The van der Waals surface area contributed by atoms with Crippen LogP contribution >= 0.6 is 11.3 Å². The Bertz CT molecular complexity index is 837. The van der Waals surface area contributed by atoms with Gasteiger partial charge in [0.2, 0.25) is 5.91 Å². The number of hydrogen-bond acceptors (Lipinski definition) is 6. The summed E-state index contributed by atoms with van der Waals surface area (Å²) in [7, 11) is 2.06. The first kappa shape index (κ1) is 15.6. The highest BCUT2D eigenvalue weighted by atomic mass is 32.1. The quantitative estimate of drug-likeness (QED) is 0.820. The van der Waals surface area contributed by atoms with Gasteiger partial charge < -0.3 is 14.8 Å². The summed E-state index contributed by atoms with van der Waals surface area (Å²) in [6.07, 6.45) is 2.41. The minimum absolute atomic E-state index is 0.135. The Balaban J connectivity index is 1.59. The molecule has 0 unspecified atom stereocenters. The minimum atomic E-state index is -0.516. The molecule has 0 aliphatic carbocycles. The van der Waals surface area contributed by atoms with Crippen LogP contribution in [0, 0.1) is 0 Å². The van der Waals surface area contributed by atoms with Crippen molar-refractivity contribution in [3.05, 3.63) is 43.7 Å². The smallest absolute Gasteiger partial charge is 0.302 e. The maximum absolute atomic E-state index is 12.0. The van der Waals surface area contributed by atoms with E-state index in [4.69, 9.17) is 0 Å². The number of amides is 1. The third-order valence-electron chi connectivity index (χ3n) is 3.65. The van der Waals surface area contributed by atoms with E-state index in [0.717, 1.165) is 25.2 Å². The van der Waals surface area contributed by atoms with Crippen LogP contribution in [-0.4, -0.2) is 38.9 Å². The molecule has 9 heteroatoms. The summed E-state index contributed by atoms with van der Waals surface area (Å²) >= 11 is 1.49. The van der Waals surface area contributed by atoms with Gasteiger partial charge in [-0.1, -0.05) is 0 Å². The molecule has 3 heterocycles. The summed E-state index contributed by atoms with van der Waals surface area (Å²) < 4.78 is 1.29. The zero-order valence-corrected chi connectivity index (χ0v) is 13.5. The second-order valence-corrected chi connectivity index (χ2v) is 6.56. The predicted octanol–water partition coefficient (Wildman–Crippen LogP) is 0.00980. The van der Waals surface area contributed by atoms with Gasteiger partial charge in [0, 0.05) is 49.6 Å². The predicted molar refractivity (Wildman–Crippen MR) is 86.7 cm³/mol. The van der Waals surface area contributed by atoms with Crippen LogP contribution in [0.3, 0.4) is 0 Å². The number of likely N-dealkylation sites (N-methyl/N-ethyl adjacent to an activating group) is 1. The van der Waals surface area contributed by atoms with Crippen molar-refractivity contribution >= 4 is 22.4 Å². The number of aryl methyl sites for hydroxylation is 1. The number of anilines is 1. The van der Waals surface area contributed by atoms with Crippen LogP contribution in [0.25, 0.3) is 0 Å². The molecule has 0 saturated carbocycles. The van der Waals surface area contributed by atoms with E-state index in [2.05, 4.69) is 27.2 Å². The number of hydrogen-bond donors (Lipinski definition) is 2. The molecule has 2 aromatic heterocycles. The standard InChI is InChI=1S/C14H17N5O3S/c1-18-5-2-9-10(8-18)23-13(15-9)16-11(20)3-6-19-7-4-12(21)17-14(19)22/h4,7H,2-3,5-6,8H2,1H3,(H,15,16,20)(H,17,21,22). The molecular weight excluding hydrogens is 318 g/mol. The van der Waals surface area contributed by atoms with Gasteiger partial charge in [0.05, 0.1) is 5.69 Å². The van der Waals surface area contributed by atoms with E-state index in [-0.39, 0.29) is 18.9 Å². The number of aromatic nitrogens is 3. The molecular formula is C14H17N5O3S. The molecule has 3 rings (SSSR count). The van der Waals surface area contributed by atoms with Crippen LogP contribution < -0.4 is 16.6 Å². The number of fused-ring (bicyclic) bond motifs is 1. The maximum atomic E-state index is 12.0. The lowest BCUT2D eigenvalue weighted by Crippen LogP contribution is -2.29. The molecule has 23 heavy (non-hydrogen) atoms. The second kappa shape index (κ2) is 6.47. The molecule has 0 atom stereocenters. The van der Waals surface area contributed by atoms with Crippen LogP contribution in [0.15, 0.2) is 21.9 Å². The van der Waals surface area contributed by atoms with Gasteiger partial charge in [-0.2, -0.15) is 0 Å². The Kier molecular flexibility index (Phi) is 4.39. The molecule has 2 aromatic rings. The largest absolute Gasteiger partial charge is 0.328 e. The summed E-state index contributed by atoms with van der Waals surface area (Å²) in [6, 6.07) is 1.25. The fourth-order valence-electron chi connectivity index (χ4n) is 2.40. The molecule has 0 fully saturated rings. The molecule has 8 nitrogen and oxygen atoms in total. The molecule has 0 spiro atoms. The van der Waals surface area contributed by atoms with Gasteiger partial charge in [-0.05, 0) is 7.05 Å². The highest BCUT2D eigenvalue weighted by Gasteiger charge is 2.19. The molecule has 2 N–H and O–H groups in total. The normalized spacial score (nSPS) is 14.5. The Labute approximate surface area is 135 Å². The Hall–Kier alpha value is -2.26. The van der Waals surface area contributed by atoms with E-state index < -0.39 is 11.2 Å². The Morgan fingerprint density at radius 2 is 2.30 bits per heavy atom. The molecule has 0 aromatic carbocycles. The number of H-pyrrole nitrogens is 1.